The van der Waals surface area contributed by atoms with Crippen LogP contribution in [0.5, 0.6) is 5.75 Å². The highest BCUT2D eigenvalue weighted by atomic mass is 31.1. The molecular weight excluding hydrogens is 433 g/mol. The van der Waals surface area contributed by atoms with Crippen molar-refractivity contribution < 1.29 is 24.0 Å². The number of imidazole rings is 1. The average Bonchev–Trinajstić information content (AvgIpc) is 3.31. The quantitative estimate of drug-likeness (QED) is 0.295. The largest absolute Gasteiger partial charge is 0.449 e. The summed E-state index contributed by atoms with van der Waals surface area (Å²) < 4.78 is 18.9. The van der Waals surface area contributed by atoms with Crippen molar-refractivity contribution in [3.05, 3.63) is 55.1 Å². The molecule has 0 radical (unpaired) electrons. The molecule has 3 heterocycles. The Morgan fingerprint density at radius 3 is 2.88 bits per heavy atom. The fourth-order valence-corrected chi connectivity index (χ4v) is 4.45. The summed E-state index contributed by atoms with van der Waals surface area (Å²) in [5, 5.41) is 23.7. The van der Waals surface area contributed by atoms with Crippen molar-refractivity contribution >= 4 is 36.8 Å². The lowest BCUT2D eigenvalue weighted by molar-refractivity contribution is -0.0947. The third-order valence-electron chi connectivity index (χ3n) is 5.60. The number of nitrogens with two attached hydrogens (primary N) is 1. The summed E-state index contributed by atoms with van der Waals surface area (Å²) in [6.45, 7) is 1.52. The molecule has 1 saturated heterocycles. The Bertz CT molecular complexity index is 1260. The molecule has 2 aromatic carbocycles. The first kappa shape index (κ1) is 21.0. The van der Waals surface area contributed by atoms with Crippen LogP contribution in [-0.4, -0.2) is 54.1 Å². The van der Waals surface area contributed by atoms with Crippen LogP contribution in [0.15, 0.2) is 55.1 Å². The minimum Gasteiger partial charge on any atom is -0.449 e. The van der Waals surface area contributed by atoms with Crippen molar-refractivity contribution in [1.82, 2.24) is 19.5 Å². The molecule has 1 aliphatic rings. The Kier molecular flexibility index (Phi) is 5.40. The third-order valence-corrected chi connectivity index (χ3v) is 6.19. The highest BCUT2D eigenvalue weighted by Gasteiger charge is 2.53. The Balaban J connectivity index is 1.26. The van der Waals surface area contributed by atoms with Gasteiger partial charge in [-0.25, -0.2) is 15.0 Å². The summed E-state index contributed by atoms with van der Waals surface area (Å²) in [5.41, 5.74) is 5.03. The zero-order valence-electron chi connectivity index (χ0n) is 17.1. The fourth-order valence-electron chi connectivity index (χ4n) is 3.89. The molecule has 0 spiro atoms. The molecule has 0 aliphatic carbocycles. The SMILES string of the molecule is CC1(O)C(O)[C@@H](COPOc2cccc3ccccc23)O[C@H]1n1cnc2c(N)ncnc21. The monoisotopic (exact) mass is 455 g/mol. The number of aliphatic hydroxyl groups excluding tert-OH is 1. The van der Waals surface area contributed by atoms with Gasteiger partial charge in [-0.05, 0) is 18.4 Å². The van der Waals surface area contributed by atoms with E-state index in [4.69, 9.17) is 19.5 Å². The van der Waals surface area contributed by atoms with Gasteiger partial charge < -0.3 is 29.7 Å². The molecule has 1 fully saturated rings. The lowest BCUT2D eigenvalue weighted by atomic mass is 9.96. The van der Waals surface area contributed by atoms with E-state index in [1.807, 2.05) is 42.5 Å². The molecule has 166 valence electrons. The van der Waals surface area contributed by atoms with Gasteiger partial charge in [0.1, 0.15) is 35.4 Å². The van der Waals surface area contributed by atoms with Crippen LogP contribution in [0.4, 0.5) is 5.82 Å². The lowest BCUT2D eigenvalue weighted by Gasteiger charge is -2.27. The van der Waals surface area contributed by atoms with Gasteiger partial charge in [-0.3, -0.25) is 4.57 Å². The highest BCUT2D eigenvalue weighted by Crippen LogP contribution is 2.40. The summed E-state index contributed by atoms with van der Waals surface area (Å²) >= 11 is 0. The topological polar surface area (TPSA) is 138 Å². The minimum atomic E-state index is -1.61. The lowest BCUT2D eigenvalue weighted by Crippen LogP contribution is -2.44. The number of hydrogen-bond acceptors (Lipinski definition) is 9. The van der Waals surface area contributed by atoms with E-state index in [1.165, 1.54) is 24.1 Å². The second kappa shape index (κ2) is 8.23. The molecule has 10 nitrogen and oxygen atoms in total. The van der Waals surface area contributed by atoms with Crippen LogP contribution in [-0.2, 0) is 9.26 Å². The van der Waals surface area contributed by atoms with Crippen LogP contribution >= 0.6 is 9.03 Å². The Labute approximate surface area is 184 Å². The average molecular weight is 455 g/mol. The van der Waals surface area contributed by atoms with Gasteiger partial charge in [0.25, 0.3) is 0 Å². The van der Waals surface area contributed by atoms with Crippen molar-refractivity contribution in [1.29, 1.82) is 0 Å². The van der Waals surface area contributed by atoms with E-state index in [1.54, 1.807) is 0 Å². The van der Waals surface area contributed by atoms with Crippen molar-refractivity contribution in [3.63, 3.8) is 0 Å². The van der Waals surface area contributed by atoms with Crippen molar-refractivity contribution in [2.45, 2.75) is 31.0 Å². The Morgan fingerprint density at radius 1 is 1.19 bits per heavy atom. The molecule has 0 saturated carbocycles. The molecule has 2 aromatic heterocycles. The standard InChI is InChI=1S/C21H22N5O5P/c1-21(28)17(27)15(30-20(21)26-11-25-16-18(22)23-10-24-19(16)26)9-29-32-31-14-8-4-6-12-5-2-3-7-13(12)14/h2-8,10-11,15,17,20,27-28,32H,9H2,1H3,(H2,22,23,24)/t15-,17?,20-,21?/m1/s1. The van der Waals surface area contributed by atoms with Gasteiger partial charge in [0.05, 0.1) is 12.9 Å². The number of hydrogen-bond donors (Lipinski definition) is 3. The first-order chi connectivity index (χ1) is 15.5. The van der Waals surface area contributed by atoms with E-state index in [0.29, 0.717) is 16.9 Å². The van der Waals surface area contributed by atoms with E-state index in [0.717, 1.165) is 10.8 Å². The van der Waals surface area contributed by atoms with Gasteiger partial charge in [0, 0.05) is 5.39 Å². The molecule has 4 aromatic rings. The molecule has 5 rings (SSSR count). The van der Waals surface area contributed by atoms with Gasteiger partial charge in [0.15, 0.2) is 17.7 Å². The Hall–Kier alpha value is -2.88. The Morgan fingerprint density at radius 2 is 2.00 bits per heavy atom. The second-order valence-electron chi connectivity index (χ2n) is 7.75. The summed E-state index contributed by atoms with van der Waals surface area (Å²) in [7, 11) is -0.310. The van der Waals surface area contributed by atoms with Crippen LogP contribution < -0.4 is 10.3 Å². The molecule has 5 atom stereocenters. The number of aromatic nitrogens is 4. The maximum atomic E-state index is 11.0. The van der Waals surface area contributed by atoms with Crippen LogP contribution in [0, 0.1) is 0 Å². The number of rotatable bonds is 6. The van der Waals surface area contributed by atoms with Gasteiger partial charge in [-0.2, -0.15) is 0 Å². The summed E-state index contributed by atoms with van der Waals surface area (Å²) in [6, 6.07) is 13.7. The van der Waals surface area contributed by atoms with Gasteiger partial charge in [-0.15, -0.1) is 0 Å². The maximum absolute atomic E-state index is 11.0. The van der Waals surface area contributed by atoms with Crippen molar-refractivity contribution in [3.8, 4) is 5.75 Å². The smallest absolute Gasteiger partial charge is 0.215 e. The van der Waals surface area contributed by atoms with Crippen LogP contribution in [0.3, 0.4) is 0 Å². The van der Waals surface area contributed by atoms with Crippen molar-refractivity contribution in [2.24, 2.45) is 0 Å². The first-order valence-electron chi connectivity index (χ1n) is 9.97. The number of fused-ring (bicyclic) bond motifs is 2. The summed E-state index contributed by atoms with van der Waals surface area (Å²) in [4.78, 5) is 12.3. The molecule has 3 unspecified atom stereocenters. The molecule has 1 aliphatic heterocycles. The number of anilines is 1. The molecular formula is C21H22N5O5P. The predicted octanol–water partition coefficient (Wildman–Crippen LogP) is 2.18. The fraction of sp³-hybridized carbons (Fsp3) is 0.286. The van der Waals surface area contributed by atoms with Gasteiger partial charge in [0.2, 0.25) is 9.03 Å². The minimum absolute atomic E-state index is 0.0286. The van der Waals surface area contributed by atoms with Crippen molar-refractivity contribution in [2.75, 3.05) is 12.3 Å². The highest BCUT2D eigenvalue weighted by molar-refractivity contribution is 7.26. The number of ether oxygens (including phenoxy) is 1. The van der Waals surface area contributed by atoms with Crippen LogP contribution in [0.1, 0.15) is 13.2 Å². The predicted molar refractivity (Wildman–Crippen MR) is 119 cm³/mol. The maximum Gasteiger partial charge on any atom is 0.215 e. The van der Waals surface area contributed by atoms with Crippen LogP contribution in [0.2, 0.25) is 0 Å². The summed E-state index contributed by atoms with van der Waals surface area (Å²) in [6.07, 6.45) is -0.159. The van der Waals surface area contributed by atoms with E-state index in [2.05, 4.69) is 15.0 Å². The van der Waals surface area contributed by atoms with E-state index in [-0.39, 0.29) is 21.5 Å². The zero-order chi connectivity index (χ0) is 22.3. The number of nitrogen functional groups attached to an aromatic ring is 1. The first-order valence-corrected chi connectivity index (χ1v) is 10.8. The number of benzene rings is 2. The molecule has 0 amide bonds. The molecule has 32 heavy (non-hydrogen) atoms. The van der Waals surface area contributed by atoms with E-state index in [9.17, 15) is 10.2 Å². The molecule has 0 bridgehead atoms. The van der Waals surface area contributed by atoms with Gasteiger partial charge >= 0.3 is 0 Å². The number of aliphatic hydroxyl groups is 2. The zero-order valence-corrected chi connectivity index (χ0v) is 18.1. The molecule has 4 N–H and O–H groups in total. The molecule has 11 heteroatoms. The second-order valence-corrected chi connectivity index (χ2v) is 8.41. The number of nitrogens with zero attached hydrogens (tertiary/aromatic N) is 4. The van der Waals surface area contributed by atoms with Gasteiger partial charge in [-0.1, -0.05) is 36.4 Å². The van der Waals surface area contributed by atoms with E-state index < -0.39 is 24.0 Å². The van der Waals surface area contributed by atoms with E-state index >= 15 is 0 Å². The summed E-state index contributed by atoms with van der Waals surface area (Å²) in [5.74, 6) is 0.931. The van der Waals surface area contributed by atoms with Crippen LogP contribution in [0.25, 0.3) is 21.9 Å². The normalized spacial score (nSPS) is 25.9. The third kappa shape index (κ3) is 3.56.